The quantitative estimate of drug-likeness (QED) is 0.549. The molecule has 1 unspecified atom stereocenters. The highest BCUT2D eigenvalue weighted by Gasteiger charge is 2.19. The molecule has 2 aromatic carbocycles. The van der Waals surface area contributed by atoms with E-state index in [0.717, 1.165) is 22.8 Å². The predicted octanol–water partition coefficient (Wildman–Crippen LogP) is 3.54. The van der Waals surface area contributed by atoms with E-state index in [-0.39, 0.29) is 11.7 Å². The van der Waals surface area contributed by atoms with Crippen LogP contribution in [0.1, 0.15) is 17.4 Å². The highest BCUT2D eigenvalue weighted by atomic mass is 16.6. The lowest BCUT2D eigenvalue weighted by Gasteiger charge is -2.20. The zero-order valence-electron chi connectivity index (χ0n) is 13.9. The highest BCUT2D eigenvalue weighted by molar-refractivity contribution is 5.51. The first kappa shape index (κ1) is 16.5. The van der Waals surface area contributed by atoms with Gasteiger partial charge in [0, 0.05) is 37.3 Å². The number of hydrogen-bond donors (Lipinski definition) is 1. The van der Waals surface area contributed by atoms with E-state index in [4.69, 9.17) is 4.74 Å². The van der Waals surface area contributed by atoms with E-state index in [9.17, 15) is 10.1 Å². The van der Waals surface area contributed by atoms with E-state index >= 15 is 0 Å². The molecule has 7 heteroatoms. The molecule has 0 amide bonds. The van der Waals surface area contributed by atoms with Gasteiger partial charge in [0.2, 0.25) is 0 Å². The lowest BCUT2D eigenvalue weighted by molar-refractivity contribution is -0.384. The molecule has 1 heterocycles. The SMILES string of the molecule is COc1ccc(C(Nc2ccc([N+](=O)[O-])cc2)c2nccn2C)cc1. The van der Waals surface area contributed by atoms with E-state index in [1.54, 1.807) is 25.4 Å². The number of hydrogen-bond acceptors (Lipinski definition) is 5. The standard InChI is InChI=1S/C18H18N4O3/c1-21-12-11-19-18(21)17(13-3-9-16(25-2)10-4-13)20-14-5-7-15(8-6-14)22(23)24/h3-12,17,20H,1-2H3. The number of methoxy groups -OCH3 is 1. The molecule has 0 saturated carbocycles. The van der Waals surface area contributed by atoms with Crippen LogP contribution in [0.5, 0.6) is 5.75 Å². The van der Waals surface area contributed by atoms with Gasteiger partial charge in [-0.2, -0.15) is 0 Å². The summed E-state index contributed by atoms with van der Waals surface area (Å²) in [6, 6.07) is 13.9. The van der Waals surface area contributed by atoms with Crippen molar-refractivity contribution >= 4 is 11.4 Å². The van der Waals surface area contributed by atoms with E-state index < -0.39 is 4.92 Å². The summed E-state index contributed by atoms with van der Waals surface area (Å²) in [5.74, 6) is 1.61. The molecule has 3 rings (SSSR count). The first-order valence-corrected chi connectivity index (χ1v) is 7.70. The number of nitrogens with zero attached hydrogens (tertiary/aromatic N) is 3. The Bertz CT molecular complexity index is 857. The van der Waals surface area contributed by atoms with Gasteiger partial charge in [-0.05, 0) is 29.8 Å². The molecule has 3 aromatic rings. The largest absolute Gasteiger partial charge is 0.497 e. The van der Waals surface area contributed by atoms with Crippen molar-refractivity contribution in [1.29, 1.82) is 0 Å². The normalized spacial score (nSPS) is 11.8. The predicted molar refractivity (Wildman–Crippen MR) is 94.8 cm³/mol. The topological polar surface area (TPSA) is 82.2 Å². The monoisotopic (exact) mass is 338 g/mol. The summed E-state index contributed by atoms with van der Waals surface area (Å²) in [5, 5.41) is 14.2. The Morgan fingerprint density at radius 3 is 2.36 bits per heavy atom. The molecule has 1 atom stereocenters. The maximum Gasteiger partial charge on any atom is 0.269 e. The number of benzene rings is 2. The molecule has 0 aliphatic rings. The highest BCUT2D eigenvalue weighted by Crippen LogP contribution is 2.27. The van der Waals surface area contributed by atoms with Gasteiger partial charge in [0.25, 0.3) is 5.69 Å². The van der Waals surface area contributed by atoms with Crippen LogP contribution in [0, 0.1) is 10.1 Å². The third-order valence-electron chi connectivity index (χ3n) is 3.95. The second-order valence-corrected chi connectivity index (χ2v) is 5.55. The summed E-state index contributed by atoms with van der Waals surface area (Å²) in [5.41, 5.74) is 1.84. The third kappa shape index (κ3) is 3.60. The van der Waals surface area contributed by atoms with Crippen LogP contribution in [0.15, 0.2) is 60.9 Å². The van der Waals surface area contributed by atoms with E-state index in [1.165, 1.54) is 12.1 Å². The van der Waals surface area contributed by atoms with Crippen LogP contribution >= 0.6 is 0 Å². The molecule has 0 spiro atoms. The molecule has 1 N–H and O–H groups in total. The lowest BCUT2D eigenvalue weighted by Crippen LogP contribution is -2.16. The minimum atomic E-state index is -0.413. The Kier molecular flexibility index (Phi) is 4.65. The molecule has 7 nitrogen and oxygen atoms in total. The van der Waals surface area contributed by atoms with E-state index in [2.05, 4.69) is 10.3 Å². The van der Waals surface area contributed by atoms with Crippen molar-refractivity contribution in [3.63, 3.8) is 0 Å². The van der Waals surface area contributed by atoms with Crippen molar-refractivity contribution in [1.82, 2.24) is 9.55 Å². The zero-order chi connectivity index (χ0) is 17.8. The molecule has 0 fully saturated rings. The summed E-state index contributed by atoms with van der Waals surface area (Å²) in [6.07, 6.45) is 3.62. The van der Waals surface area contributed by atoms with Crippen molar-refractivity contribution in [3.8, 4) is 5.75 Å². The van der Waals surface area contributed by atoms with Gasteiger partial charge in [0.1, 0.15) is 17.6 Å². The number of imidazole rings is 1. The van der Waals surface area contributed by atoms with Gasteiger partial charge in [-0.25, -0.2) is 4.98 Å². The minimum absolute atomic E-state index is 0.0588. The number of anilines is 1. The number of aromatic nitrogens is 2. The van der Waals surface area contributed by atoms with Crippen LogP contribution in [0.3, 0.4) is 0 Å². The number of aryl methyl sites for hydroxylation is 1. The van der Waals surface area contributed by atoms with Crippen molar-refractivity contribution < 1.29 is 9.66 Å². The van der Waals surface area contributed by atoms with Crippen molar-refractivity contribution in [3.05, 3.63) is 82.4 Å². The van der Waals surface area contributed by atoms with Crippen LogP contribution in [0.4, 0.5) is 11.4 Å². The van der Waals surface area contributed by atoms with Gasteiger partial charge in [0.05, 0.1) is 12.0 Å². The van der Waals surface area contributed by atoms with Gasteiger partial charge in [-0.1, -0.05) is 12.1 Å². The van der Waals surface area contributed by atoms with Gasteiger partial charge in [-0.3, -0.25) is 10.1 Å². The maximum absolute atomic E-state index is 10.8. The number of rotatable bonds is 6. The summed E-state index contributed by atoms with van der Waals surface area (Å²) in [4.78, 5) is 14.8. The molecule has 0 saturated heterocycles. The number of nitrogens with one attached hydrogen (secondary N) is 1. The van der Waals surface area contributed by atoms with Gasteiger partial charge in [-0.15, -0.1) is 0 Å². The molecular formula is C18H18N4O3. The number of nitro groups is 1. The van der Waals surface area contributed by atoms with Crippen LogP contribution in [0.25, 0.3) is 0 Å². The smallest absolute Gasteiger partial charge is 0.269 e. The van der Waals surface area contributed by atoms with Crippen LogP contribution in [-0.4, -0.2) is 21.6 Å². The minimum Gasteiger partial charge on any atom is -0.497 e. The first-order valence-electron chi connectivity index (χ1n) is 7.70. The van der Waals surface area contributed by atoms with E-state index in [0.29, 0.717) is 0 Å². The Morgan fingerprint density at radius 1 is 1.16 bits per heavy atom. The lowest BCUT2D eigenvalue weighted by atomic mass is 10.1. The summed E-state index contributed by atoms with van der Waals surface area (Å²) < 4.78 is 7.15. The second-order valence-electron chi connectivity index (χ2n) is 5.55. The average Bonchev–Trinajstić information content (AvgIpc) is 3.06. The molecule has 1 aromatic heterocycles. The summed E-state index contributed by atoms with van der Waals surface area (Å²) in [7, 11) is 3.55. The molecule has 0 aliphatic carbocycles. The van der Waals surface area contributed by atoms with Crippen molar-refractivity contribution in [2.24, 2.45) is 7.05 Å². The fourth-order valence-corrected chi connectivity index (χ4v) is 2.59. The zero-order valence-corrected chi connectivity index (χ0v) is 13.9. The fraction of sp³-hybridized carbons (Fsp3) is 0.167. The van der Waals surface area contributed by atoms with Crippen LogP contribution in [-0.2, 0) is 7.05 Å². The first-order chi connectivity index (χ1) is 12.1. The van der Waals surface area contributed by atoms with Crippen molar-refractivity contribution in [2.45, 2.75) is 6.04 Å². The average molecular weight is 338 g/mol. The second kappa shape index (κ2) is 7.04. The van der Waals surface area contributed by atoms with Gasteiger partial charge >= 0.3 is 0 Å². The van der Waals surface area contributed by atoms with Crippen LogP contribution in [0.2, 0.25) is 0 Å². The molecule has 0 radical (unpaired) electrons. The number of ether oxygens (including phenoxy) is 1. The molecule has 128 valence electrons. The van der Waals surface area contributed by atoms with Crippen LogP contribution < -0.4 is 10.1 Å². The Morgan fingerprint density at radius 2 is 1.84 bits per heavy atom. The Hall–Kier alpha value is -3.35. The number of non-ortho nitro benzene ring substituents is 1. The molecule has 25 heavy (non-hydrogen) atoms. The molecular weight excluding hydrogens is 320 g/mol. The Balaban J connectivity index is 1.93. The van der Waals surface area contributed by atoms with Gasteiger partial charge < -0.3 is 14.6 Å². The van der Waals surface area contributed by atoms with Crippen molar-refractivity contribution in [2.75, 3.05) is 12.4 Å². The number of nitro benzene ring substituents is 1. The molecule has 0 aliphatic heterocycles. The molecule has 0 bridgehead atoms. The maximum atomic E-state index is 10.8. The fourth-order valence-electron chi connectivity index (χ4n) is 2.59. The van der Waals surface area contributed by atoms with E-state index in [1.807, 2.05) is 42.1 Å². The Labute approximate surface area is 145 Å². The van der Waals surface area contributed by atoms with Gasteiger partial charge in [0.15, 0.2) is 0 Å². The summed E-state index contributed by atoms with van der Waals surface area (Å²) in [6.45, 7) is 0. The third-order valence-corrected chi connectivity index (χ3v) is 3.95. The summed E-state index contributed by atoms with van der Waals surface area (Å²) >= 11 is 0.